The number of allylic oxidation sites excluding steroid dienone is 1. The monoisotopic (exact) mass is 332 g/mol. The zero-order chi connectivity index (χ0) is 17.1. The van der Waals surface area contributed by atoms with Gasteiger partial charge in [-0.3, -0.25) is 4.79 Å². The molecule has 0 bridgehead atoms. The van der Waals surface area contributed by atoms with Gasteiger partial charge < -0.3 is 9.84 Å². The number of hydrogen-bond acceptors (Lipinski definition) is 2. The van der Waals surface area contributed by atoms with Gasteiger partial charge in [-0.25, -0.2) is 0 Å². The van der Waals surface area contributed by atoms with Crippen molar-refractivity contribution in [3.63, 3.8) is 0 Å². The molecule has 0 aliphatic heterocycles. The summed E-state index contributed by atoms with van der Waals surface area (Å²) in [7, 11) is 1.84. The van der Waals surface area contributed by atoms with E-state index in [1.807, 2.05) is 7.11 Å². The van der Waals surface area contributed by atoms with E-state index < -0.39 is 5.97 Å². The molecule has 0 amide bonds. The zero-order valence-electron chi connectivity index (χ0n) is 15.4. The van der Waals surface area contributed by atoms with Crippen LogP contribution in [0, 0.1) is 34.5 Å². The minimum atomic E-state index is -0.558. The Morgan fingerprint density at radius 2 is 1.96 bits per heavy atom. The topological polar surface area (TPSA) is 46.5 Å². The molecule has 134 valence electrons. The lowest BCUT2D eigenvalue weighted by atomic mass is 9.47. The van der Waals surface area contributed by atoms with E-state index in [1.165, 1.54) is 25.7 Å². The molecule has 0 aromatic heterocycles. The summed E-state index contributed by atoms with van der Waals surface area (Å²) < 4.78 is 5.64. The summed E-state index contributed by atoms with van der Waals surface area (Å²) >= 11 is 0. The van der Waals surface area contributed by atoms with Gasteiger partial charge in [0.2, 0.25) is 0 Å². The first-order chi connectivity index (χ1) is 11.4. The Morgan fingerprint density at radius 3 is 2.67 bits per heavy atom. The number of methoxy groups -OCH3 is 1. The van der Waals surface area contributed by atoms with Gasteiger partial charge in [-0.1, -0.05) is 25.5 Å². The van der Waals surface area contributed by atoms with Gasteiger partial charge >= 0.3 is 5.97 Å². The van der Waals surface area contributed by atoms with E-state index >= 15 is 0 Å². The molecule has 0 aromatic rings. The van der Waals surface area contributed by atoms with Gasteiger partial charge in [0.25, 0.3) is 0 Å². The maximum Gasteiger partial charge on any atom is 0.307 e. The normalized spacial score (nSPS) is 50.5. The Hall–Kier alpha value is -0.830. The number of carbonyl (C=O) groups is 1. The number of carboxylic acid groups (broad SMARTS) is 1. The van der Waals surface area contributed by atoms with Crippen LogP contribution in [0.1, 0.15) is 65.2 Å². The first-order valence-electron chi connectivity index (χ1n) is 9.85. The van der Waals surface area contributed by atoms with Gasteiger partial charge in [0, 0.05) is 7.11 Å². The van der Waals surface area contributed by atoms with Crippen LogP contribution in [-0.4, -0.2) is 24.3 Å². The predicted molar refractivity (Wildman–Crippen MR) is 93.6 cm³/mol. The second-order valence-corrected chi connectivity index (χ2v) is 9.37. The highest BCUT2D eigenvalue weighted by atomic mass is 16.5. The molecule has 0 radical (unpaired) electrons. The van der Waals surface area contributed by atoms with Crippen LogP contribution >= 0.6 is 0 Å². The van der Waals surface area contributed by atoms with Crippen LogP contribution < -0.4 is 0 Å². The van der Waals surface area contributed by atoms with Crippen LogP contribution in [-0.2, 0) is 9.53 Å². The summed E-state index contributed by atoms with van der Waals surface area (Å²) in [6.45, 7) is 4.77. The highest BCUT2D eigenvalue weighted by Crippen LogP contribution is 2.66. The van der Waals surface area contributed by atoms with Gasteiger partial charge in [0.05, 0.1) is 12.0 Å². The average molecular weight is 332 g/mol. The molecule has 4 aliphatic rings. The first-order valence-corrected chi connectivity index (χ1v) is 9.85. The third kappa shape index (κ3) is 2.16. The van der Waals surface area contributed by atoms with Crippen molar-refractivity contribution >= 4 is 5.97 Å². The lowest BCUT2D eigenvalue weighted by molar-refractivity contribution is -0.148. The van der Waals surface area contributed by atoms with E-state index in [-0.39, 0.29) is 11.3 Å². The summed E-state index contributed by atoms with van der Waals surface area (Å²) in [6.07, 6.45) is 11.9. The number of fused-ring (bicyclic) bond motifs is 5. The van der Waals surface area contributed by atoms with Crippen LogP contribution in [0.2, 0.25) is 0 Å². The molecule has 0 saturated heterocycles. The third-order valence-electron chi connectivity index (χ3n) is 8.69. The molecule has 4 aliphatic carbocycles. The molecule has 0 heterocycles. The van der Waals surface area contributed by atoms with E-state index in [4.69, 9.17) is 4.74 Å². The molecule has 3 fully saturated rings. The fourth-order valence-electron chi connectivity index (χ4n) is 7.23. The Bertz CT molecular complexity index is 567. The van der Waals surface area contributed by atoms with Crippen molar-refractivity contribution in [3.05, 3.63) is 11.6 Å². The molecule has 0 spiro atoms. The standard InChI is InChI=1S/C21H32O3/c1-20-10-8-14(24-3)12-13(20)4-5-15-16-6-7-18(19(22)23)21(16,2)11-9-17(15)20/h4,14-18H,5-12H2,1-3H3,(H,22,23). The highest BCUT2D eigenvalue weighted by Gasteiger charge is 2.60. The van der Waals surface area contributed by atoms with Gasteiger partial charge in [0.15, 0.2) is 0 Å². The van der Waals surface area contributed by atoms with Crippen molar-refractivity contribution in [2.45, 2.75) is 71.3 Å². The van der Waals surface area contributed by atoms with Gasteiger partial charge in [-0.2, -0.15) is 0 Å². The highest BCUT2D eigenvalue weighted by molar-refractivity contribution is 5.71. The lowest BCUT2D eigenvalue weighted by Gasteiger charge is -2.57. The van der Waals surface area contributed by atoms with Crippen LogP contribution in [0.15, 0.2) is 11.6 Å². The molecule has 7 unspecified atom stereocenters. The molecule has 3 nitrogen and oxygen atoms in total. The second kappa shape index (κ2) is 5.59. The van der Waals surface area contributed by atoms with Crippen molar-refractivity contribution in [1.29, 1.82) is 0 Å². The number of rotatable bonds is 2. The van der Waals surface area contributed by atoms with Crippen LogP contribution in [0.3, 0.4) is 0 Å². The van der Waals surface area contributed by atoms with E-state index in [1.54, 1.807) is 5.57 Å². The predicted octanol–water partition coefficient (Wildman–Crippen LogP) is 4.67. The number of aliphatic carboxylic acids is 1. The van der Waals surface area contributed by atoms with E-state index in [0.29, 0.717) is 23.4 Å². The first kappa shape index (κ1) is 16.6. The summed E-state index contributed by atoms with van der Waals surface area (Å²) in [6, 6.07) is 0. The molecule has 7 atom stereocenters. The minimum absolute atomic E-state index is 0.0262. The molecular weight excluding hydrogens is 300 g/mol. The molecule has 24 heavy (non-hydrogen) atoms. The average Bonchev–Trinajstić information content (AvgIpc) is 2.91. The summed E-state index contributed by atoms with van der Waals surface area (Å²) in [5.74, 6) is 1.37. The molecule has 0 aromatic carbocycles. The van der Waals surface area contributed by atoms with Gasteiger partial charge in [-0.05, 0) is 80.0 Å². The summed E-state index contributed by atoms with van der Waals surface area (Å²) in [5, 5.41) is 9.68. The minimum Gasteiger partial charge on any atom is -0.481 e. The molecule has 3 heteroatoms. The van der Waals surface area contributed by atoms with Gasteiger partial charge in [0.1, 0.15) is 0 Å². The molecule has 3 saturated carbocycles. The number of carboxylic acids is 1. The van der Waals surface area contributed by atoms with Crippen LogP contribution in [0.25, 0.3) is 0 Å². The Kier molecular flexibility index (Phi) is 3.87. The van der Waals surface area contributed by atoms with Crippen molar-refractivity contribution < 1.29 is 14.6 Å². The van der Waals surface area contributed by atoms with E-state index in [9.17, 15) is 9.90 Å². The van der Waals surface area contributed by atoms with Crippen molar-refractivity contribution in [1.82, 2.24) is 0 Å². The van der Waals surface area contributed by atoms with Crippen LogP contribution in [0.4, 0.5) is 0 Å². The van der Waals surface area contributed by atoms with Gasteiger partial charge in [-0.15, -0.1) is 0 Å². The van der Waals surface area contributed by atoms with Crippen molar-refractivity contribution in [2.24, 2.45) is 34.5 Å². The smallest absolute Gasteiger partial charge is 0.307 e. The van der Waals surface area contributed by atoms with Crippen molar-refractivity contribution in [3.8, 4) is 0 Å². The zero-order valence-corrected chi connectivity index (χ0v) is 15.4. The third-order valence-corrected chi connectivity index (χ3v) is 8.69. The molecule has 4 rings (SSSR count). The fourth-order valence-corrected chi connectivity index (χ4v) is 7.23. The van der Waals surface area contributed by atoms with E-state index in [0.717, 1.165) is 31.6 Å². The summed E-state index contributed by atoms with van der Waals surface area (Å²) in [5.41, 5.74) is 2.00. The van der Waals surface area contributed by atoms with E-state index in [2.05, 4.69) is 19.9 Å². The van der Waals surface area contributed by atoms with Crippen LogP contribution in [0.5, 0.6) is 0 Å². The molecule has 1 N–H and O–H groups in total. The molecular formula is C21H32O3. The SMILES string of the molecule is COC1CCC2(C)C(=CCC3C2CCC2(C)C(C(=O)O)CCC32)C1. The number of ether oxygens (including phenoxy) is 1. The largest absolute Gasteiger partial charge is 0.481 e. The second-order valence-electron chi connectivity index (χ2n) is 9.37. The number of hydrogen-bond donors (Lipinski definition) is 1. The maximum absolute atomic E-state index is 11.8. The van der Waals surface area contributed by atoms with Crippen molar-refractivity contribution in [2.75, 3.05) is 7.11 Å². The lowest BCUT2D eigenvalue weighted by Crippen LogP contribution is -2.51. The Balaban J connectivity index is 1.63. The fraction of sp³-hybridized carbons (Fsp3) is 0.857. The Morgan fingerprint density at radius 1 is 1.17 bits per heavy atom. The Labute approximate surface area is 145 Å². The summed E-state index contributed by atoms with van der Waals surface area (Å²) in [4.78, 5) is 11.8. The maximum atomic E-state index is 11.8. The quantitative estimate of drug-likeness (QED) is 0.748.